The van der Waals surface area contributed by atoms with Crippen molar-refractivity contribution >= 4 is 27.3 Å². The highest BCUT2D eigenvalue weighted by Crippen LogP contribution is 2.21. The Morgan fingerprint density at radius 2 is 1.57 bits per heavy atom. The van der Waals surface area contributed by atoms with E-state index in [0.717, 1.165) is 16.7 Å². The molecule has 0 aliphatic rings. The summed E-state index contributed by atoms with van der Waals surface area (Å²) in [4.78, 5) is 12.2. The molecule has 0 atom stereocenters. The Morgan fingerprint density at radius 1 is 0.867 bits per heavy atom. The van der Waals surface area contributed by atoms with Gasteiger partial charge >= 0.3 is 0 Å². The number of benzene rings is 3. The number of aryl methyl sites for hydroxylation is 3. The van der Waals surface area contributed by atoms with Gasteiger partial charge in [-0.25, -0.2) is 8.42 Å². The van der Waals surface area contributed by atoms with Crippen LogP contribution in [-0.2, 0) is 14.8 Å². The molecule has 0 aromatic heterocycles. The van der Waals surface area contributed by atoms with Crippen LogP contribution in [0.3, 0.4) is 0 Å². The van der Waals surface area contributed by atoms with Crippen LogP contribution in [-0.4, -0.2) is 20.9 Å². The van der Waals surface area contributed by atoms with Gasteiger partial charge in [0.15, 0.2) is 6.61 Å². The number of amides is 1. The summed E-state index contributed by atoms with van der Waals surface area (Å²) in [6, 6.07) is 18.8. The number of ether oxygens (including phenoxy) is 1. The molecular weight excluding hydrogens is 400 g/mol. The first-order valence-corrected chi connectivity index (χ1v) is 10.9. The zero-order valence-corrected chi connectivity index (χ0v) is 17.9. The van der Waals surface area contributed by atoms with E-state index in [0.29, 0.717) is 17.1 Å². The van der Waals surface area contributed by atoms with Gasteiger partial charge in [0, 0.05) is 5.69 Å². The second kappa shape index (κ2) is 9.00. The van der Waals surface area contributed by atoms with Crippen LogP contribution in [0.25, 0.3) is 0 Å². The summed E-state index contributed by atoms with van der Waals surface area (Å²) in [7, 11) is -3.72. The highest BCUT2D eigenvalue weighted by atomic mass is 32.2. The third-order valence-corrected chi connectivity index (χ3v) is 6.07. The monoisotopic (exact) mass is 424 g/mol. The first kappa shape index (κ1) is 21.4. The average molecular weight is 425 g/mol. The van der Waals surface area contributed by atoms with Crippen LogP contribution < -0.4 is 14.8 Å². The fraction of sp³-hybridized carbons (Fsp3) is 0.174. The maximum Gasteiger partial charge on any atom is 0.262 e. The third-order valence-electron chi connectivity index (χ3n) is 4.68. The Morgan fingerprint density at radius 3 is 2.23 bits per heavy atom. The molecule has 30 heavy (non-hydrogen) atoms. The van der Waals surface area contributed by atoms with Crippen molar-refractivity contribution in [1.29, 1.82) is 0 Å². The summed E-state index contributed by atoms with van der Waals surface area (Å²) in [5.74, 6) is 0.108. The van der Waals surface area contributed by atoms with Crippen molar-refractivity contribution in [1.82, 2.24) is 0 Å². The van der Waals surface area contributed by atoms with E-state index in [1.165, 1.54) is 24.3 Å². The number of carbonyl (C=O) groups is 1. The van der Waals surface area contributed by atoms with Gasteiger partial charge in [-0.15, -0.1) is 0 Å². The van der Waals surface area contributed by atoms with Crippen molar-refractivity contribution in [2.24, 2.45) is 0 Å². The van der Waals surface area contributed by atoms with E-state index in [4.69, 9.17) is 4.74 Å². The van der Waals surface area contributed by atoms with Crippen LogP contribution >= 0.6 is 0 Å². The summed E-state index contributed by atoms with van der Waals surface area (Å²) in [6.45, 7) is 5.63. The molecule has 0 spiro atoms. The molecule has 3 rings (SSSR count). The van der Waals surface area contributed by atoms with E-state index in [1.807, 2.05) is 51.1 Å². The van der Waals surface area contributed by atoms with Gasteiger partial charge < -0.3 is 10.1 Å². The Hall–Kier alpha value is -3.32. The lowest BCUT2D eigenvalue weighted by molar-refractivity contribution is -0.118. The Labute approximate surface area is 177 Å². The van der Waals surface area contributed by atoms with Crippen molar-refractivity contribution in [2.75, 3.05) is 16.6 Å². The second-order valence-electron chi connectivity index (χ2n) is 7.03. The highest BCUT2D eigenvalue weighted by Gasteiger charge is 2.15. The summed E-state index contributed by atoms with van der Waals surface area (Å²) in [5.41, 5.74) is 4.30. The van der Waals surface area contributed by atoms with Gasteiger partial charge in [-0.2, -0.15) is 0 Å². The van der Waals surface area contributed by atoms with Crippen LogP contribution in [0.1, 0.15) is 16.7 Å². The quantitative estimate of drug-likeness (QED) is 0.588. The van der Waals surface area contributed by atoms with E-state index in [1.54, 1.807) is 12.1 Å². The molecule has 0 radical (unpaired) electrons. The Balaban J connectivity index is 1.59. The molecule has 156 valence electrons. The van der Waals surface area contributed by atoms with Gasteiger partial charge in [0.25, 0.3) is 15.9 Å². The van der Waals surface area contributed by atoms with Crippen molar-refractivity contribution in [3.8, 4) is 5.75 Å². The number of rotatable bonds is 7. The van der Waals surface area contributed by atoms with Crippen molar-refractivity contribution in [3.05, 3.63) is 83.4 Å². The van der Waals surface area contributed by atoms with Crippen LogP contribution in [0, 0.1) is 20.8 Å². The van der Waals surface area contributed by atoms with E-state index >= 15 is 0 Å². The number of para-hydroxylation sites is 1. The minimum absolute atomic E-state index is 0.109. The summed E-state index contributed by atoms with van der Waals surface area (Å²) < 4.78 is 33.2. The predicted octanol–water partition coefficient (Wildman–Crippen LogP) is 4.43. The zero-order chi connectivity index (χ0) is 21.7. The molecule has 0 fully saturated rings. The minimum atomic E-state index is -3.72. The first-order chi connectivity index (χ1) is 14.2. The largest absolute Gasteiger partial charge is 0.484 e. The number of carbonyl (C=O) groups excluding carboxylic acids is 1. The molecule has 0 aliphatic heterocycles. The van der Waals surface area contributed by atoms with Gasteiger partial charge in [-0.05, 0) is 79.9 Å². The normalized spacial score (nSPS) is 11.0. The number of hydrogen-bond acceptors (Lipinski definition) is 4. The molecule has 0 heterocycles. The molecule has 3 aromatic rings. The van der Waals surface area contributed by atoms with E-state index < -0.39 is 10.0 Å². The number of sulfonamides is 1. The fourth-order valence-electron chi connectivity index (χ4n) is 2.77. The second-order valence-corrected chi connectivity index (χ2v) is 8.71. The van der Waals surface area contributed by atoms with Crippen LogP contribution in [0.2, 0.25) is 0 Å². The van der Waals surface area contributed by atoms with Gasteiger partial charge in [-0.1, -0.05) is 24.3 Å². The lowest BCUT2D eigenvalue weighted by atomic mass is 10.1. The lowest BCUT2D eigenvalue weighted by Gasteiger charge is -2.11. The summed E-state index contributed by atoms with van der Waals surface area (Å²) in [6.07, 6.45) is 0. The molecule has 6 nitrogen and oxygen atoms in total. The van der Waals surface area contributed by atoms with E-state index in [-0.39, 0.29) is 17.4 Å². The van der Waals surface area contributed by atoms with Crippen molar-refractivity contribution < 1.29 is 17.9 Å². The Bertz CT molecular complexity index is 1160. The predicted molar refractivity (Wildman–Crippen MR) is 118 cm³/mol. The minimum Gasteiger partial charge on any atom is -0.484 e. The summed E-state index contributed by atoms with van der Waals surface area (Å²) in [5, 5.41) is 2.78. The fourth-order valence-corrected chi connectivity index (χ4v) is 3.90. The van der Waals surface area contributed by atoms with Crippen LogP contribution in [0.5, 0.6) is 5.75 Å². The number of nitrogens with one attached hydrogen (secondary N) is 2. The molecule has 0 saturated heterocycles. The van der Waals surface area contributed by atoms with Gasteiger partial charge in [-0.3, -0.25) is 9.52 Å². The molecule has 7 heteroatoms. The average Bonchev–Trinajstić information content (AvgIpc) is 2.71. The molecule has 2 N–H and O–H groups in total. The number of anilines is 2. The maximum atomic E-state index is 12.6. The highest BCUT2D eigenvalue weighted by molar-refractivity contribution is 7.92. The lowest BCUT2D eigenvalue weighted by Crippen LogP contribution is -2.20. The number of hydrogen-bond donors (Lipinski definition) is 2. The molecule has 1 amide bonds. The standard InChI is InChI=1S/C23H24N2O4S/c1-16-8-9-19(14-18(16)3)24-23(26)15-29-20-10-12-21(13-11-20)30(27,28)25-22-7-5-4-6-17(22)2/h4-14,25H,15H2,1-3H3,(H,24,26). The molecular formula is C23H24N2O4S. The first-order valence-electron chi connectivity index (χ1n) is 9.43. The molecule has 0 bridgehead atoms. The maximum absolute atomic E-state index is 12.6. The van der Waals surface area contributed by atoms with Gasteiger partial charge in [0.1, 0.15) is 5.75 Å². The molecule has 3 aromatic carbocycles. The van der Waals surface area contributed by atoms with Crippen LogP contribution in [0.4, 0.5) is 11.4 Å². The van der Waals surface area contributed by atoms with Crippen molar-refractivity contribution in [3.63, 3.8) is 0 Å². The Kier molecular flexibility index (Phi) is 6.42. The van der Waals surface area contributed by atoms with E-state index in [2.05, 4.69) is 10.0 Å². The summed E-state index contributed by atoms with van der Waals surface area (Å²) >= 11 is 0. The van der Waals surface area contributed by atoms with Gasteiger partial charge in [0.05, 0.1) is 10.6 Å². The topological polar surface area (TPSA) is 84.5 Å². The molecule has 0 saturated carbocycles. The SMILES string of the molecule is Cc1ccc(NC(=O)COc2ccc(S(=O)(=O)Nc3ccccc3C)cc2)cc1C. The van der Waals surface area contributed by atoms with Crippen molar-refractivity contribution in [2.45, 2.75) is 25.7 Å². The molecule has 0 unspecified atom stereocenters. The third kappa shape index (κ3) is 5.39. The van der Waals surface area contributed by atoms with Gasteiger partial charge in [0.2, 0.25) is 0 Å². The smallest absolute Gasteiger partial charge is 0.262 e. The van der Waals surface area contributed by atoms with E-state index in [9.17, 15) is 13.2 Å². The molecule has 0 aliphatic carbocycles. The zero-order valence-electron chi connectivity index (χ0n) is 17.1. The van der Waals surface area contributed by atoms with Crippen LogP contribution in [0.15, 0.2) is 71.6 Å².